The molecule has 36 heavy (non-hydrogen) atoms. The second-order valence-electron chi connectivity index (χ2n) is 11.0. The van der Waals surface area contributed by atoms with Crippen molar-refractivity contribution in [2.24, 2.45) is 11.7 Å². The van der Waals surface area contributed by atoms with Gasteiger partial charge in [-0.15, -0.1) is 0 Å². The summed E-state index contributed by atoms with van der Waals surface area (Å²) in [6.07, 6.45) is 8.03. The second-order valence-corrected chi connectivity index (χ2v) is 11.0. The second kappa shape index (κ2) is 9.39. The van der Waals surface area contributed by atoms with Gasteiger partial charge < -0.3 is 15.4 Å². The van der Waals surface area contributed by atoms with Crippen molar-refractivity contribution >= 4 is 11.6 Å². The third-order valence-electron chi connectivity index (χ3n) is 7.60. The molecular weight excluding hydrogens is 457 g/mol. The summed E-state index contributed by atoms with van der Waals surface area (Å²) in [5.74, 6) is 1.46. The molecule has 1 aliphatic carbocycles. The van der Waals surface area contributed by atoms with E-state index >= 15 is 0 Å². The number of likely N-dealkylation sites (tertiary alicyclic amines) is 1. The number of nitrogens with zero attached hydrogens (tertiary/aromatic N) is 3. The van der Waals surface area contributed by atoms with Crippen LogP contribution in [0.5, 0.6) is 5.75 Å². The predicted octanol–water partition coefficient (Wildman–Crippen LogP) is 4.91. The minimum atomic E-state index is -0.612. The van der Waals surface area contributed by atoms with Gasteiger partial charge in [0.25, 0.3) is 0 Å². The van der Waals surface area contributed by atoms with E-state index in [2.05, 4.69) is 35.0 Å². The molecule has 1 amide bonds. The van der Waals surface area contributed by atoms with Crippen molar-refractivity contribution in [2.75, 3.05) is 24.5 Å². The average molecular weight is 496 g/mol. The molecule has 194 valence electrons. The van der Waals surface area contributed by atoms with Crippen molar-refractivity contribution in [3.8, 4) is 16.9 Å². The minimum absolute atomic E-state index is 0. The van der Waals surface area contributed by atoms with Gasteiger partial charge in [0.2, 0.25) is 5.91 Å². The molecule has 3 aliphatic heterocycles. The van der Waals surface area contributed by atoms with Crippen LogP contribution in [-0.2, 0) is 10.4 Å². The summed E-state index contributed by atoms with van der Waals surface area (Å²) in [6.45, 7) is 10.3. The van der Waals surface area contributed by atoms with E-state index in [0.717, 1.165) is 53.3 Å². The molecule has 4 aliphatic rings. The van der Waals surface area contributed by atoms with E-state index in [9.17, 15) is 9.18 Å². The van der Waals surface area contributed by atoms with Crippen LogP contribution < -0.4 is 15.4 Å². The third-order valence-corrected chi connectivity index (χ3v) is 7.60. The molecule has 7 nitrogen and oxygen atoms in total. The summed E-state index contributed by atoms with van der Waals surface area (Å²) in [5, 5.41) is 7.19. The number of anilines is 1. The number of hydrogen-bond acceptors (Lipinski definition) is 5. The summed E-state index contributed by atoms with van der Waals surface area (Å²) in [7, 11) is 0. The minimum Gasteiger partial charge on any atom is -0.481 e. The van der Waals surface area contributed by atoms with Crippen molar-refractivity contribution < 1.29 is 15.3 Å². The quantitative estimate of drug-likeness (QED) is 0.632. The first-order valence-electron chi connectivity index (χ1n) is 12.8. The molecule has 3 N–H and O–H groups in total. The third kappa shape index (κ3) is 4.66. The predicted molar refractivity (Wildman–Crippen MR) is 141 cm³/mol. The van der Waals surface area contributed by atoms with Gasteiger partial charge in [0.15, 0.2) is 0 Å². The number of fused-ring (bicyclic) bond motifs is 3. The van der Waals surface area contributed by atoms with Gasteiger partial charge in [-0.1, -0.05) is 13.0 Å². The van der Waals surface area contributed by atoms with E-state index in [-0.39, 0.29) is 13.4 Å². The molecule has 0 radical (unpaired) electrons. The Labute approximate surface area is 213 Å². The first-order valence-corrected chi connectivity index (χ1v) is 12.8. The van der Waals surface area contributed by atoms with E-state index < -0.39 is 11.8 Å². The molecule has 0 saturated carbocycles. The normalized spacial score (nSPS) is 25.0. The van der Waals surface area contributed by atoms with Gasteiger partial charge in [0.1, 0.15) is 17.5 Å². The molecule has 8 heteroatoms. The largest absolute Gasteiger partial charge is 0.481 e. The van der Waals surface area contributed by atoms with Gasteiger partial charge in [-0.25, -0.2) is 4.39 Å². The number of nitrogens with one attached hydrogen (secondary N) is 1. The fraction of sp³-hybridized carbons (Fsp3) is 0.500. The molecule has 1 unspecified atom stereocenters. The molecule has 2 fully saturated rings. The number of ether oxygens (including phenoxy) is 1. The Bertz CT molecular complexity index is 1220. The molecular formula is C28H38FN5O2. The Balaban J connectivity index is 0.000000186. The summed E-state index contributed by atoms with van der Waals surface area (Å²) < 4.78 is 18.7. The van der Waals surface area contributed by atoms with Crippen LogP contribution in [0.3, 0.4) is 0 Å². The molecule has 2 atom stereocenters. The first kappa shape index (κ1) is 24.6. The highest BCUT2D eigenvalue weighted by atomic mass is 19.1. The van der Waals surface area contributed by atoms with E-state index in [4.69, 9.17) is 10.5 Å². The highest BCUT2D eigenvalue weighted by Crippen LogP contribution is 2.46. The van der Waals surface area contributed by atoms with Gasteiger partial charge in [0, 0.05) is 62.1 Å². The SMILES string of the molecule is CC1CC=C(CN2CC(F)C2)C=C1N.C[C@@H]1CCC(=O)N1c1ccc2c(c1)OC(C)(C)c1[nH]ncc1-2.[HH]. The molecule has 2 aromatic rings. The number of H-pyrrole nitrogens is 1. The zero-order chi connectivity index (χ0) is 25.6. The maximum Gasteiger partial charge on any atom is 0.227 e. The van der Waals surface area contributed by atoms with Gasteiger partial charge >= 0.3 is 0 Å². The lowest BCUT2D eigenvalue weighted by Gasteiger charge is -2.35. The van der Waals surface area contributed by atoms with Crippen LogP contribution in [0.25, 0.3) is 11.1 Å². The fourth-order valence-corrected chi connectivity index (χ4v) is 5.35. The van der Waals surface area contributed by atoms with Crippen LogP contribution in [0.15, 0.2) is 47.8 Å². The Morgan fingerprint density at radius 1 is 1.28 bits per heavy atom. The topological polar surface area (TPSA) is 87.5 Å². The number of hydrogen-bond donors (Lipinski definition) is 2. The van der Waals surface area contributed by atoms with Gasteiger partial charge in [-0.2, -0.15) is 5.10 Å². The lowest BCUT2D eigenvalue weighted by Crippen LogP contribution is -2.48. The molecule has 2 saturated heterocycles. The van der Waals surface area contributed by atoms with E-state index in [1.54, 1.807) is 0 Å². The Morgan fingerprint density at radius 3 is 2.72 bits per heavy atom. The van der Waals surface area contributed by atoms with Crippen LogP contribution in [0, 0.1) is 5.92 Å². The smallest absolute Gasteiger partial charge is 0.227 e. The molecule has 6 rings (SSSR count). The summed E-state index contributed by atoms with van der Waals surface area (Å²) >= 11 is 0. The Kier molecular flexibility index (Phi) is 6.41. The van der Waals surface area contributed by atoms with Gasteiger partial charge in [0.05, 0.1) is 11.9 Å². The Hall–Kier alpha value is -3.13. The zero-order valence-corrected chi connectivity index (χ0v) is 21.6. The first-order chi connectivity index (χ1) is 17.1. The standard InChI is InChI=1S/C17H19N3O2.C11H17FN2.H2/c1-10-4-7-15(21)20(10)11-5-6-12-13-9-18-19-16(13)17(2,3)22-14(12)8-11;1-8-2-3-9(4-11(8)13)5-14-6-10(12)7-14;/h5-6,8-10H,4,7H2,1-3H3,(H,18,19);3-4,8,10H,2,5-7,13H2,1H3;1H/t10-;;/m1../s1. The number of halogens is 1. The number of aromatic nitrogens is 2. The number of allylic oxidation sites excluding steroid dienone is 2. The van der Waals surface area contributed by atoms with E-state index in [1.807, 2.05) is 49.2 Å². The highest BCUT2D eigenvalue weighted by Gasteiger charge is 2.36. The number of carbonyl (C=O) groups is 1. The van der Waals surface area contributed by atoms with Crippen LogP contribution in [-0.4, -0.2) is 52.9 Å². The number of nitrogens with two attached hydrogens (primary N) is 1. The lowest BCUT2D eigenvalue weighted by atomic mass is 9.92. The van der Waals surface area contributed by atoms with Crippen LogP contribution in [0.2, 0.25) is 0 Å². The van der Waals surface area contributed by atoms with E-state index in [0.29, 0.717) is 25.4 Å². The zero-order valence-electron chi connectivity index (χ0n) is 21.6. The summed E-state index contributed by atoms with van der Waals surface area (Å²) in [5.41, 5.74) is 11.6. The maximum atomic E-state index is 12.6. The monoisotopic (exact) mass is 495 g/mol. The Morgan fingerprint density at radius 2 is 2.06 bits per heavy atom. The molecule has 0 spiro atoms. The molecule has 1 aromatic carbocycles. The number of carbonyl (C=O) groups excluding carboxylic acids is 1. The summed E-state index contributed by atoms with van der Waals surface area (Å²) in [4.78, 5) is 16.1. The van der Waals surface area contributed by atoms with Crippen molar-refractivity contribution in [2.45, 2.75) is 64.8 Å². The van der Waals surface area contributed by atoms with Crippen molar-refractivity contribution in [1.29, 1.82) is 0 Å². The van der Waals surface area contributed by atoms with Crippen molar-refractivity contribution in [3.05, 3.63) is 53.5 Å². The average Bonchev–Trinajstić information content (AvgIpc) is 3.43. The number of aromatic amines is 1. The van der Waals surface area contributed by atoms with Crippen LogP contribution in [0.4, 0.5) is 10.1 Å². The maximum absolute atomic E-state index is 12.6. The molecule has 1 aromatic heterocycles. The summed E-state index contributed by atoms with van der Waals surface area (Å²) in [6, 6.07) is 6.24. The fourth-order valence-electron chi connectivity index (χ4n) is 5.35. The molecule has 4 heterocycles. The van der Waals surface area contributed by atoms with E-state index in [1.165, 1.54) is 5.57 Å². The van der Waals surface area contributed by atoms with Crippen LogP contribution >= 0.6 is 0 Å². The number of rotatable bonds is 3. The highest BCUT2D eigenvalue weighted by molar-refractivity contribution is 5.97. The number of alkyl halides is 1. The van der Waals surface area contributed by atoms with Crippen LogP contribution in [0.1, 0.15) is 54.1 Å². The van der Waals surface area contributed by atoms with Crippen molar-refractivity contribution in [1.82, 2.24) is 15.1 Å². The number of benzene rings is 1. The number of amides is 1. The van der Waals surface area contributed by atoms with Crippen molar-refractivity contribution in [3.63, 3.8) is 0 Å². The van der Waals surface area contributed by atoms with Gasteiger partial charge in [-0.3, -0.25) is 14.8 Å². The van der Waals surface area contributed by atoms with Gasteiger partial charge in [-0.05, 0) is 63.3 Å². The molecule has 0 bridgehead atoms. The lowest BCUT2D eigenvalue weighted by molar-refractivity contribution is -0.117.